The molecule has 2 aromatic carbocycles. The van der Waals surface area contributed by atoms with E-state index in [-0.39, 0.29) is 9.92 Å². The number of halogens is 4. The summed E-state index contributed by atoms with van der Waals surface area (Å²) in [5, 5.41) is 0.277. The van der Waals surface area contributed by atoms with Crippen LogP contribution in [0.4, 0.5) is 18.9 Å². The third-order valence-electron chi connectivity index (χ3n) is 4.29. The zero-order valence-corrected chi connectivity index (χ0v) is 17.5. The number of benzene rings is 2. The first-order valence-electron chi connectivity index (χ1n) is 8.45. The largest absolute Gasteiger partial charge is 0.406 e. The molecule has 0 saturated heterocycles. The van der Waals surface area contributed by atoms with Crippen molar-refractivity contribution in [3.8, 4) is 0 Å². The predicted molar refractivity (Wildman–Crippen MR) is 106 cm³/mol. The van der Waals surface area contributed by atoms with Gasteiger partial charge in [0, 0.05) is 13.6 Å². The number of hydrogen-bond acceptors (Lipinski definition) is 3. The third kappa shape index (κ3) is 5.18. The summed E-state index contributed by atoms with van der Waals surface area (Å²) in [6, 6.07) is 7.37. The second kappa shape index (κ2) is 8.31. The number of sulfonamides is 1. The van der Waals surface area contributed by atoms with Gasteiger partial charge in [-0.2, -0.15) is 17.9 Å². The van der Waals surface area contributed by atoms with E-state index < -0.39 is 28.8 Å². The first kappa shape index (κ1) is 22.5. The van der Waals surface area contributed by atoms with Crippen LogP contribution in [0.15, 0.2) is 41.3 Å². The van der Waals surface area contributed by atoms with Gasteiger partial charge in [-0.3, -0.25) is 0 Å². The van der Waals surface area contributed by atoms with Gasteiger partial charge in [-0.1, -0.05) is 41.4 Å². The monoisotopic (exact) mass is 434 g/mol. The highest BCUT2D eigenvalue weighted by atomic mass is 35.5. The van der Waals surface area contributed by atoms with Crippen LogP contribution in [0.3, 0.4) is 0 Å². The first-order chi connectivity index (χ1) is 12.8. The lowest BCUT2D eigenvalue weighted by Crippen LogP contribution is -2.51. The first-order valence-corrected chi connectivity index (χ1v) is 10.3. The third-order valence-corrected chi connectivity index (χ3v) is 6.38. The van der Waals surface area contributed by atoms with E-state index in [2.05, 4.69) is 0 Å². The molecule has 0 aliphatic carbocycles. The Hall–Kier alpha value is -1.77. The Bertz CT molecular complexity index is 939. The maximum atomic E-state index is 13.6. The minimum Gasteiger partial charge on any atom is -0.371 e. The second-order valence-electron chi connectivity index (χ2n) is 6.78. The molecule has 0 aliphatic rings. The van der Waals surface area contributed by atoms with Gasteiger partial charge in [0.05, 0.1) is 15.6 Å². The molecular weight excluding hydrogens is 413 g/mol. The Kier molecular flexibility index (Phi) is 6.68. The van der Waals surface area contributed by atoms with Gasteiger partial charge in [-0.25, -0.2) is 8.42 Å². The fourth-order valence-corrected chi connectivity index (χ4v) is 5.12. The van der Waals surface area contributed by atoms with E-state index in [1.807, 2.05) is 4.72 Å². The lowest BCUT2D eigenvalue weighted by Gasteiger charge is -2.29. The molecule has 0 amide bonds. The minimum atomic E-state index is -4.78. The molecule has 0 spiro atoms. The number of para-hydroxylation sites is 1. The molecule has 0 aromatic heterocycles. The number of likely N-dealkylation sites (N-methyl/N-ethyl adjacent to an activating group) is 1. The van der Waals surface area contributed by atoms with Crippen LogP contribution in [0.25, 0.3) is 0 Å². The highest BCUT2D eigenvalue weighted by Gasteiger charge is 2.43. The average molecular weight is 435 g/mol. The zero-order valence-electron chi connectivity index (χ0n) is 15.9. The van der Waals surface area contributed by atoms with Crippen LogP contribution in [0.5, 0.6) is 0 Å². The molecule has 0 bridgehead atoms. The Morgan fingerprint density at radius 1 is 1.11 bits per heavy atom. The molecule has 1 unspecified atom stereocenters. The summed E-state index contributed by atoms with van der Waals surface area (Å²) in [5.74, 6) is 0. The fraction of sp³-hybridized carbons (Fsp3) is 0.368. The highest BCUT2D eigenvalue weighted by molar-refractivity contribution is 7.89. The van der Waals surface area contributed by atoms with Crippen molar-refractivity contribution in [1.29, 1.82) is 0 Å². The number of nitrogens with zero attached hydrogens (tertiary/aromatic N) is 1. The molecule has 4 nitrogen and oxygen atoms in total. The van der Waals surface area contributed by atoms with Gasteiger partial charge in [-0.05, 0) is 44.0 Å². The summed E-state index contributed by atoms with van der Waals surface area (Å²) in [6.45, 7) is 4.29. The highest BCUT2D eigenvalue weighted by Crippen LogP contribution is 2.29. The molecule has 154 valence electrons. The van der Waals surface area contributed by atoms with Crippen molar-refractivity contribution >= 4 is 27.3 Å². The Labute approximate surface area is 168 Å². The summed E-state index contributed by atoms with van der Waals surface area (Å²) in [5.41, 5.74) is 2.00. The maximum absolute atomic E-state index is 13.6. The van der Waals surface area contributed by atoms with E-state index in [9.17, 15) is 21.6 Å². The normalized spacial score (nSPS) is 13.4. The number of anilines is 1. The molecule has 1 atom stereocenters. The second-order valence-corrected chi connectivity index (χ2v) is 8.83. The molecule has 0 aliphatic heterocycles. The van der Waals surface area contributed by atoms with E-state index in [4.69, 9.17) is 11.6 Å². The molecule has 0 fully saturated rings. The van der Waals surface area contributed by atoms with Crippen molar-refractivity contribution in [1.82, 2.24) is 4.72 Å². The van der Waals surface area contributed by atoms with E-state index >= 15 is 0 Å². The summed E-state index contributed by atoms with van der Waals surface area (Å²) in [7, 11) is -2.96. The Balaban J connectivity index is 2.36. The summed E-state index contributed by atoms with van der Waals surface area (Å²) in [4.78, 5) is 1.14. The van der Waals surface area contributed by atoms with Gasteiger partial charge in [-0.15, -0.1) is 0 Å². The van der Waals surface area contributed by atoms with E-state index in [1.165, 1.54) is 11.9 Å². The van der Waals surface area contributed by atoms with Crippen LogP contribution in [0, 0.1) is 20.8 Å². The summed E-state index contributed by atoms with van der Waals surface area (Å²) in [6.07, 6.45) is -4.78. The van der Waals surface area contributed by atoms with Crippen LogP contribution >= 0.6 is 11.6 Å². The molecule has 2 rings (SSSR count). The molecule has 28 heavy (non-hydrogen) atoms. The maximum Gasteiger partial charge on any atom is 0.406 e. The Morgan fingerprint density at radius 3 is 2.14 bits per heavy atom. The van der Waals surface area contributed by atoms with Crippen LogP contribution in [0.2, 0.25) is 5.02 Å². The van der Waals surface area contributed by atoms with Crippen molar-refractivity contribution in [2.45, 2.75) is 37.9 Å². The van der Waals surface area contributed by atoms with Crippen molar-refractivity contribution in [3.05, 3.63) is 58.1 Å². The van der Waals surface area contributed by atoms with Crippen LogP contribution < -0.4 is 9.62 Å². The molecule has 9 heteroatoms. The van der Waals surface area contributed by atoms with Crippen molar-refractivity contribution in [2.75, 3.05) is 18.5 Å². The summed E-state index contributed by atoms with van der Waals surface area (Å²) >= 11 is 6.04. The zero-order chi connectivity index (χ0) is 21.3. The molecule has 0 saturated carbocycles. The van der Waals surface area contributed by atoms with Gasteiger partial charge in [0.25, 0.3) is 0 Å². The number of alkyl halides is 3. The van der Waals surface area contributed by atoms with Gasteiger partial charge in [0.1, 0.15) is 6.04 Å². The van der Waals surface area contributed by atoms with Gasteiger partial charge >= 0.3 is 6.18 Å². The van der Waals surface area contributed by atoms with E-state index in [1.54, 1.807) is 57.2 Å². The molecule has 0 radical (unpaired) electrons. The lowest BCUT2D eigenvalue weighted by molar-refractivity contribution is -0.148. The molecule has 0 heterocycles. The van der Waals surface area contributed by atoms with Crippen LogP contribution in [0.1, 0.15) is 16.7 Å². The minimum absolute atomic E-state index is 0.132. The van der Waals surface area contributed by atoms with Crippen molar-refractivity contribution in [3.63, 3.8) is 0 Å². The number of hydrogen-bond donors (Lipinski definition) is 1. The van der Waals surface area contributed by atoms with Crippen LogP contribution in [-0.4, -0.2) is 34.2 Å². The van der Waals surface area contributed by atoms with Crippen molar-refractivity contribution < 1.29 is 21.6 Å². The lowest BCUT2D eigenvalue weighted by atomic mass is 10.1. The average Bonchev–Trinajstić information content (AvgIpc) is 2.52. The molecule has 2 aromatic rings. The predicted octanol–water partition coefficient (Wildman–Crippen LogP) is 4.61. The van der Waals surface area contributed by atoms with E-state index in [0.717, 1.165) is 5.56 Å². The molecule has 1 N–H and O–H groups in total. The van der Waals surface area contributed by atoms with Gasteiger partial charge in [0.15, 0.2) is 0 Å². The SMILES string of the molecule is Cc1cc(C)c(S(=O)(=O)NC(CN(C)c2ccccc2Cl)C(F)(F)F)c(C)c1. The number of nitrogens with one attached hydrogen (secondary N) is 1. The topological polar surface area (TPSA) is 49.4 Å². The standard InChI is InChI=1S/C19H22ClF3N2O2S/c1-12-9-13(2)18(14(3)10-12)28(26,27)24-17(19(21,22)23)11-25(4)16-8-6-5-7-15(16)20/h5-10,17,24H,11H2,1-4H3. The van der Waals surface area contributed by atoms with E-state index in [0.29, 0.717) is 16.8 Å². The fourth-order valence-electron chi connectivity index (χ4n) is 3.18. The molecular formula is C19H22ClF3N2O2S. The quantitative estimate of drug-likeness (QED) is 0.722. The number of rotatable bonds is 6. The van der Waals surface area contributed by atoms with Gasteiger partial charge in [0.2, 0.25) is 10.0 Å². The van der Waals surface area contributed by atoms with Crippen LogP contribution in [-0.2, 0) is 10.0 Å². The smallest absolute Gasteiger partial charge is 0.371 e. The van der Waals surface area contributed by atoms with Crippen molar-refractivity contribution in [2.24, 2.45) is 0 Å². The number of aryl methyl sites for hydroxylation is 3. The summed E-state index contributed by atoms with van der Waals surface area (Å²) < 4.78 is 68.2. The van der Waals surface area contributed by atoms with Gasteiger partial charge < -0.3 is 4.90 Å². The Morgan fingerprint density at radius 2 is 1.64 bits per heavy atom.